The van der Waals surface area contributed by atoms with E-state index in [2.05, 4.69) is 10.00 Å². The lowest BCUT2D eigenvalue weighted by atomic mass is 9.95. The van der Waals surface area contributed by atoms with Gasteiger partial charge >= 0.3 is 0 Å². The molecule has 3 rings (SSSR count). The Balaban J connectivity index is 1.50. The molecule has 0 unspecified atom stereocenters. The predicted octanol–water partition coefficient (Wildman–Crippen LogP) is 2.72. The lowest BCUT2D eigenvalue weighted by molar-refractivity contribution is 0.0730. The third-order valence-corrected chi connectivity index (χ3v) is 5.49. The van der Waals surface area contributed by atoms with Gasteiger partial charge in [-0.05, 0) is 57.0 Å². The molecule has 1 amide bonds. The summed E-state index contributed by atoms with van der Waals surface area (Å²) in [5.74, 6) is 0.0590. The maximum atomic E-state index is 14.1. The molecule has 1 saturated heterocycles. The first kappa shape index (κ1) is 20.0. The molecule has 0 spiro atoms. The number of benzene rings is 1. The van der Waals surface area contributed by atoms with E-state index in [-0.39, 0.29) is 11.7 Å². The number of carbonyl (C=O) groups excluding carboxylic acids is 1. The van der Waals surface area contributed by atoms with Gasteiger partial charge in [-0.1, -0.05) is 6.07 Å². The van der Waals surface area contributed by atoms with Crippen LogP contribution < -0.4 is 0 Å². The van der Waals surface area contributed by atoms with Crippen molar-refractivity contribution in [2.24, 2.45) is 13.0 Å². The van der Waals surface area contributed by atoms with E-state index in [0.717, 1.165) is 31.6 Å². The van der Waals surface area contributed by atoms with Crippen LogP contribution in [0.3, 0.4) is 0 Å². The van der Waals surface area contributed by atoms with E-state index in [1.165, 1.54) is 6.07 Å². The first-order valence-electron chi connectivity index (χ1n) is 9.54. The fourth-order valence-corrected chi connectivity index (χ4v) is 3.64. The van der Waals surface area contributed by atoms with Crippen molar-refractivity contribution in [2.75, 3.05) is 26.7 Å². The quantitative estimate of drug-likeness (QED) is 0.796. The third-order valence-electron chi connectivity index (χ3n) is 5.49. The highest BCUT2D eigenvalue weighted by atomic mass is 19.1. The van der Waals surface area contributed by atoms with E-state index in [9.17, 15) is 9.18 Å². The molecule has 6 nitrogen and oxygen atoms in total. The molecule has 148 valence electrons. The monoisotopic (exact) mass is 383 g/mol. The molecule has 1 aliphatic heterocycles. The van der Waals surface area contributed by atoms with Crippen molar-refractivity contribution in [1.82, 2.24) is 19.6 Å². The van der Waals surface area contributed by atoms with Crippen LogP contribution in [0.4, 0.5) is 4.39 Å². The molecular formula is C21H26FN5O. The number of likely N-dealkylation sites (tertiary alicyclic amines) is 1. The van der Waals surface area contributed by atoms with Gasteiger partial charge in [0.05, 0.1) is 11.6 Å². The van der Waals surface area contributed by atoms with E-state index in [0.29, 0.717) is 35.8 Å². The molecule has 0 bridgehead atoms. The molecule has 1 aromatic heterocycles. The minimum Gasteiger partial charge on any atom is -0.340 e. The van der Waals surface area contributed by atoms with Crippen molar-refractivity contribution in [3.63, 3.8) is 0 Å². The summed E-state index contributed by atoms with van der Waals surface area (Å²) in [7, 11) is 3.66. The van der Waals surface area contributed by atoms with E-state index >= 15 is 0 Å². The Labute approximate surface area is 165 Å². The Kier molecular flexibility index (Phi) is 6.10. The summed E-state index contributed by atoms with van der Waals surface area (Å²) in [5, 5.41) is 13.1. The maximum Gasteiger partial charge on any atom is 0.274 e. The number of hydrogen-bond acceptors (Lipinski definition) is 4. The molecule has 1 aromatic carbocycles. The predicted molar refractivity (Wildman–Crippen MR) is 104 cm³/mol. The van der Waals surface area contributed by atoms with Crippen molar-refractivity contribution >= 4 is 5.91 Å². The summed E-state index contributed by atoms with van der Waals surface area (Å²) in [5.41, 5.74) is 2.40. The van der Waals surface area contributed by atoms with Gasteiger partial charge in [-0.3, -0.25) is 14.4 Å². The summed E-state index contributed by atoms with van der Waals surface area (Å²) >= 11 is 0. The van der Waals surface area contributed by atoms with Crippen LogP contribution in [0, 0.1) is 30.0 Å². The summed E-state index contributed by atoms with van der Waals surface area (Å²) in [6, 6.07) is 8.42. The van der Waals surface area contributed by atoms with Gasteiger partial charge in [0.2, 0.25) is 0 Å². The first-order chi connectivity index (χ1) is 13.4. The zero-order valence-electron chi connectivity index (χ0n) is 16.7. The fraction of sp³-hybridized carbons (Fsp3) is 0.476. The zero-order chi connectivity index (χ0) is 20.3. The largest absolute Gasteiger partial charge is 0.340 e. The molecule has 0 atom stereocenters. The lowest BCUT2D eigenvalue weighted by Crippen LogP contribution is -2.39. The van der Waals surface area contributed by atoms with Gasteiger partial charge in [0.25, 0.3) is 5.91 Å². The smallest absolute Gasteiger partial charge is 0.274 e. The number of rotatable bonds is 5. The van der Waals surface area contributed by atoms with Crippen LogP contribution in [-0.2, 0) is 13.6 Å². The van der Waals surface area contributed by atoms with E-state index in [4.69, 9.17) is 5.26 Å². The summed E-state index contributed by atoms with van der Waals surface area (Å²) in [6.45, 7) is 4.92. The van der Waals surface area contributed by atoms with Crippen LogP contribution in [0.1, 0.15) is 40.2 Å². The number of piperidine rings is 1. The highest BCUT2D eigenvalue weighted by molar-refractivity contribution is 5.92. The molecule has 0 radical (unpaired) electrons. The molecule has 1 aliphatic rings. The molecular weight excluding hydrogens is 357 g/mol. The summed E-state index contributed by atoms with van der Waals surface area (Å²) in [6.07, 6.45) is 1.94. The SMILES string of the molecule is Cc1cc(C(=O)N(C)CC2CCN(Cc3ccc(C#N)cc3F)CC2)nn1C. The molecule has 0 aliphatic carbocycles. The Hall–Kier alpha value is -2.72. The van der Waals surface area contributed by atoms with E-state index in [1.54, 1.807) is 21.7 Å². The molecule has 0 N–H and O–H groups in total. The van der Waals surface area contributed by atoms with Crippen LogP contribution in [0.15, 0.2) is 24.3 Å². The number of carbonyl (C=O) groups is 1. The van der Waals surface area contributed by atoms with Crippen molar-refractivity contribution in [1.29, 1.82) is 5.26 Å². The Morgan fingerprint density at radius 2 is 2.07 bits per heavy atom. The van der Waals surface area contributed by atoms with Crippen LogP contribution in [0.5, 0.6) is 0 Å². The van der Waals surface area contributed by atoms with Crippen molar-refractivity contribution < 1.29 is 9.18 Å². The van der Waals surface area contributed by atoms with Crippen molar-refractivity contribution in [3.8, 4) is 6.07 Å². The van der Waals surface area contributed by atoms with E-state index in [1.807, 2.05) is 33.2 Å². The highest BCUT2D eigenvalue weighted by Gasteiger charge is 2.24. The minimum absolute atomic E-state index is 0.0502. The Bertz CT molecular complexity index is 873. The number of nitriles is 1. The number of aryl methyl sites for hydroxylation is 2. The number of aromatic nitrogens is 2. The maximum absolute atomic E-state index is 14.1. The third kappa shape index (κ3) is 4.57. The van der Waals surface area contributed by atoms with Crippen LogP contribution in [-0.4, -0.2) is 52.2 Å². The molecule has 0 saturated carbocycles. The number of halogens is 1. The van der Waals surface area contributed by atoms with Crippen LogP contribution >= 0.6 is 0 Å². The van der Waals surface area contributed by atoms with Gasteiger partial charge in [-0.2, -0.15) is 10.4 Å². The second-order valence-corrected chi connectivity index (χ2v) is 7.62. The van der Waals surface area contributed by atoms with Crippen molar-refractivity contribution in [2.45, 2.75) is 26.3 Å². The summed E-state index contributed by atoms with van der Waals surface area (Å²) < 4.78 is 15.8. The topological polar surface area (TPSA) is 65.2 Å². The first-order valence-corrected chi connectivity index (χ1v) is 9.54. The molecule has 2 heterocycles. The van der Waals surface area contributed by atoms with Crippen LogP contribution in [0.25, 0.3) is 0 Å². The van der Waals surface area contributed by atoms with Gasteiger partial charge in [0.1, 0.15) is 5.82 Å². The molecule has 1 fully saturated rings. The second kappa shape index (κ2) is 8.53. The van der Waals surface area contributed by atoms with Crippen LogP contribution in [0.2, 0.25) is 0 Å². The average Bonchev–Trinajstić information content (AvgIpc) is 3.02. The van der Waals surface area contributed by atoms with Gasteiger partial charge in [0, 0.05) is 38.4 Å². The Morgan fingerprint density at radius 1 is 1.36 bits per heavy atom. The normalized spacial score (nSPS) is 15.4. The standard InChI is InChI=1S/C21H26FN5O/c1-15-10-20(24-26(15)3)21(28)25(2)13-16-6-8-27(9-7-16)14-18-5-4-17(12-23)11-19(18)22/h4-5,10-11,16H,6-9,13-14H2,1-3H3. The highest BCUT2D eigenvalue weighted by Crippen LogP contribution is 2.21. The Morgan fingerprint density at radius 3 is 2.64 bits per heavy atom. The lowest BCUT2D eigenvalue weighted by Gasteiger charge is -2.33. The minimum atomic E-state index is -0.322. The van der Waals surface area contributed by atoms with E-state index < -0.39 is 0 Å². The zero-order valence-corrected chi connectivity index (χ0v) is 16.7. The second-order valence-electron chi connectivity index (χ2n) is 7.62. The fourth-order valence-electron chi connectivity index (χ4n) is 3.64. The number of amides is 1. The molecule has 7 heteroatoms. The van der Waals surface area contributed by atoms with Crippen molar-refractivity contribution in [3.05, 3.63) is 52.6 Å². The van der Waals surface area contributed by atoms with Gasteiger partial charge < -0.3 is 4.90 Å². The molecule has 2 aromatic rings. The number of hydrogen-bond donors (Lipinski definition) is 0. The van der Waals surface area contributed by atoms with Gasteiger partial charge in [0.15, 0.2) is 5.69 Å². The van der Waals surface area contributed by atoms with Gasteiger partial charge in [-0.25, -0.2) is 4.39 Å². The number of nitrogens with zero attached hydrogens (tertiary/aromatic N) is 5. The summed E-state index contributed by atoms with van der Waals surface area (Å²) in [4.78, 5) is 16.5. The van der Waals surface area contributed by atoms with Gasteiger partial charge in [-0.15, -0.1) is 0 Å². The average molecular weight is 383 g/mol. The molecule has 28 heavy (non-hydrogen) atoms.